The van der Waals surface area contributed by atoms with E-state index in [0.717, 1.165) is 18.9 Å². The van der Waals surface area contributed by atoms with E-state index in [1.54, 1.807) is 0 Å². The minimum absolute atomic E-state index is 0.0691. The Balaban J connectivity index is 2.65. The average Bonchev–Trinajstić information content (AvgIpc) is 2.24. The molecule has 0 unspecified atom stereocenters. The number of nitrogens with one attached hydrogen (secondary N) is 2. The van der Waals surface area contributed by atoms with Crippen LogP contribution in [0.15, 0.2) is 16.6 Å². The fourth-order valence-electron chi connectivity index (χ4n) is 1.20. The molecule has 17 heavy (non-hydrogen) atoms. The largest absolute Gasteiger partial charge is 0.338 e. The van der Waals surface area contributed by atoms with Gasteiger partial charge in [-0.25, -0.2) is 13.6 Å². The van der Waals surface area contributed by atoms with Crippen LogP contribution < -0.4 is 10.6 Å². The van der Waals surface area contributed by atoms with E-state index in [1.807, 2.05) is 6.92 Å². The summed E-state index contributed by atoms with van der Waals surface area (Å²) in [5.41, 5.74) is -0.0691. The number of rotatable bonds is 4. The molecule has 94 valence electrons. The fraction of sp³-hybridized carbons (Fsp3) is 0.364. The van der Waals surface area contributed by atoms with Gasteiger partial charge in [0, 0.05) is 17.1 Å². The number of anilines is 1. The van der Waals surface area contributed by atoms with Crippen molar-refractivity contribution >= 4 is 27.6 Å². The number of halogens is 3. The van der Waals surface area contributed by atoms with Gasteiger partial charge in [-0.05, 0) is 28.4 Å². The maximum absolute atomic E-state index is 13.3. The van der Waals surface area contributed by atoms with E-state index in [9.17, 15) is 13.6 Å². The molecular formula is C11H13BrF2N2O. The highest BCUT2D eigenvalue weighted by atomic mass is 79.9. The molecule has 3 nitrogen and oxygen atoms in total. The lowest BCUT2D eigenvalue weighted by Gasteiger charge is -2.09. The molecule has 0 aliphatic rings. The van der Waals surface area contributed by atoms with E-state index in [0.29, 0.717) is 12.6 Å². The molecule has 0 saturated carbocycles. The Morgan fingerprint density at radius 2 is 2.12 bits per heavy atom. The van der Waals surface area contributed by atoms with Crippen molar-refractivity contribution in [2.75, 3.05) is 11.9 Å². The number of unbranched alkanes of at least 4 members (excludes halogenated alkanes) is 1. The van der Waals surface area contributed by atoms with Crippen molar-refractivity contribution in [3.63, 3.8) is 0 Å². The zero-order valence-electron chi connectivity index (χ0n) is 9.32. The highest BCUT2D eigenvalue weighted by Crippen LogP contribution is 2.26. The van der Waals surface area contributed by atoms with Crippen molar-refractivity contribution in [1.29, 1.82) is 0 Å². The number of carbonyl (C=O) groups is 1. The van der Waals surface area contributed by atoms with Crippen LogP contribution in [0.3, 0.4) is 0 Å². The molecule has 6 heteroatoms. The molecule has 0 fully saturated rings. The average molecular weight is 307 g/mol. The van der Waals surface area contributed by atoms with Gasteiger partial charge in [-0.15, -0.1) is 0 Å². The van der Waals surface area contributed by atoms with E-state index in [-0.39, 0.29) is 10.2 Å². The van der Waals surface area contributed by atoms with Crippen molar-refractivity contribution in [1.82, 2.24) is 5.32 Å². The number of hydrogen-bond acceptors (Lipinski definition) is 1. The third kappa shape index (κ3) is 4.30. The molecule has 2 amide bonds. The second-order valence-corrected chi connectivity index (χ2v) is 4.33. The molecule has 1 aromatic rings. The maximum Gasteiger partial charge on any atom is 0.319 e. The van der Waals surface area contributed by atoms with E-state index in [4.69, 9.17) is 0 Å². The fourth-order valence-corrected chi connectivity index (χ4v) is 1.71. The van der Waals surface area contributed by atoms with Crippen LogP contribution in [0.5, 0.6) is 0 Å². The predicted octanol–water partition coefficient (Wildman–Crippen LogP) is 3.65. The molecule has 2 N–H and O–H groups in total. The first-order valence-corrected chi connectivity index (χ1v) is 6.03. The Hall–Kier alpha value is -1.17. The number of amides is 2. The van der Waals surface area contributed by atoms with Gasteiger partial charge in [-0.3, -0.25) is 0 Å². The molecule has 0 bridgehead atoms. The van der Waals surface area contributed by atoms with Crippen molar-refractivity contribution in [2.24, 2.45) is 0 Å². The molecule has 0 aliphatic carbocycles. The number of carbonyl (C=O) groups excluding carboxylic acids is 1. The molecule has 0 radical (unpaired) electrons. The van der Waals surface area contributed by atoms with Crippen LogP contribution >= 0.6 is 15.9 Å². The van der Waals surface area contributed by atoms with Crippen LogP contribution in [0.2, 0.25) is 0 Å². The summed E-state index contributed by atoms with van der Waals surface area (Å²) in [6.07, 6.45) is 1.80. The van der Waals surface area contributed by atoms with Gasteiger partial charge in [0.25, 0.3) is 0 Å². The van der Waals surface area contributed by atoms with Gasteiger partial charge in [0.15, 0.2) is 5.82 Å². The molecular weight excluding hydrogens is 294 g/mol. The van der Waals surface area contributed by atoms with Crippen LogP contribution in [0.1, 0.15) is 19.8 Å². The highest BCUT2D eigenvalue weighted by molar-refractivity contribution is 9.10. The Bertz CT molecular complexity index is 389. The first-order valence-electron chi connectivity index (χ1n) is 5.24. The molecule has 1 aromatic carbocycles. The standard InChI is InChI=1S/C11H13BrF2N2O/c1-2-3-4-15-11(17)16-10-8(12)5-7(13)6-9(10)14/h5-6H,2-4H2,1H3,(H2,15,16,17). The van der Waals surface area contributed by atoms with Crippen LogP contribution in [0.4, 0.5) is 19.3 Å². The van der Waals surface area contributed by atoms with Gasteiger partial charge < -0.3 is 10.6 Å². The van der Waals surface area contributed by atoms with Crippen molar-refractivity contribution in [3.05, 3.63) is 28.2 Å². The summed E-state index contributed by atoms with van der Waals surface area (Å²) < 4.78 is 26.3. The summed E-state index contributed by atoms with van der Waals surface area (Å²) in [6.45, 7) is 2.51. The SMILES string of the molecule is CCCCNC(=O)Nc1c(F)cc(F)cc1Br. The Morgan fingerprint density at radius 3 is 2.71 bits per heavy atom. The van der Waals surface area contributed by atoms with Gasteiger partial charge in [-0.1, -0.05) is 13.3 Å². The van der Waals surface area contributed by atoms with E-state index >= 15 is 0 Å². The monoisotopic (exact) mass is 306 g/mol. The van der Waals surface area contributed by atoms with Gasteiger partial charge in [0.05, 0.1) is 5.69 Å². The lowest BCUT2D eigenvalue weighted by molar-refractivity contribution is 0.252. The first kappa shape index (κ1) is 13.9. The van der Waals surface area contributed by atoms with Crippen LogP contribution in [0, 0.1) is 11.6 Å². The molecule has 0 atom stereocenters. The summed E-state index contributed by atoms with van der Waals surface area (Å²) in [4.78, 5) is 11.4. The van der Waals surface area contributed by atoms with Crippen LogP contribution in [-0.4, -0.2) is 12.6 Å². The van der Waals surface area contributed by atoms with Gasteiger partial charge in [-0.2, -0.15) is 0 Å². The molecule has 1 rings (SSSR count). The third-order valence-corrected chi connectivity index (χ3v) is 2.69. The zero-order valence-corrected chi connectivity index (χ0v) is 10.9. The van der Waals surface area contributed by atoms with Crippen molar-refractivity contribution < 1.29 is 13.6 Å². The summed E-state index contributed by atoms with van der Waals surface area (Å²) >= 11 is 2.99. The second kappa shape index (κ2) is 6.54. The summed E-state index contributed by atoms with van der Waals surface area (Å²) in [5.74, 6) is -1.52. The summed E-state index contributed by atoms with van der Waals surface area (Å²) in [5, 5.41) is 4.90. The maximum atomic E-state index is 13.3. The van der Waals surface area contributed by atoms with Crippen LogP contribution in [0.25, 0.3) is 0 Å². The summed E-state index contributed by atoms with van der Waals surface area (Å²) in [7, 11) is 0. The van der Waals surface area contributed by atoms with Crippen molar-refractivity contribution in [2.45, 2.75) is 19.8 Å². The second-order valence-electron chi connectivity index (χ2n) is 3.48. The smallest absolute Gasteiger partial charge is 0.319 e. The van der Waals surface area contributed by atoms with Gasteiger partial charge in [0.1, 0.15) is 5.82 Å². The Morgan fingerprint density at radius 1 is 1.41 bits per heavy atom. The normalized spacial score (nSPS) is 10.1. The van der Waals surface area contributed by atoms with Gasteiger partial charge in [0.2, 0.25) is 0 Å². The minimum atomic E-state index is -0.817. The molecule has 0 heterocycles. The van der Waals surface area contributed by atoms with Crippen LogP contribution in [-0.2, 0) is 0 Å². The van der Waals surface area contributed by atoms with Crippen molar-refractivity contribution in [3.8, 4) is 0 Å². The topological polar surface area (TPSA) is 41.1 Å². The highest BCUT2D eigenvalue weighted by Gasteiger charge is 2.12. The Kier molecular flexibility index (Phi) is 5.34. The lowest BCUT2D eigenvalue weighted by Crippen LogP contribution is -2.30. The molecule has 0 aromatic heterocycles. The zero-order chi connectivity index (χ0) is 12.8. The summed E-state index contributed by atoms with van der Waals surface area (Å²) in [6, 6.07) is 1.29. The first-order chi connectivity index (χ1) is 8.04. The number of hydrogen-bond donors (Lipinski definition) is 2. The van der Waals surface area contributed by atoms with Gasteiger partial charge >= 0.3 is 6.03 Å². The number of benzene rings is 1. The Labute approximate surface area is 107 Å². The predicted molar refractivity (Wildman–Crippen MR) is 66.0 cm³/mol. The number of urea groups is 1. The van der Waals surface area contributed by atoms with E-state index < -0.39 is 17.7 Å². The molecule has 0 aliphatic heterocycles. The van der Waals surface area contributed by atoms with E-state index in [1.165, 1.54) is 0 Å². The molecule has 0 spiro atoms. The van der Waals surface area contributed by atoms with E-state index in [2.05, 4.69) is 26.6 Å². The third-order valence-electron chi connectivity index (χ3n) is 2.06. The lowest BCUT2D eigenvalue weighted by atomic mass is 10.3. The minimum Gasteiger partial charge on any atom is -0.338 e. The quantitative estimate of drug-likeness (QED) is 0.819. The molecule has 0 saturated heterocycles.